The Balaban J connectivity index is 1.56. The Morgan fingerprint density at radius 3 is 2.19 bits per heavy atom. The van der Waals surface area contributed by atoms with E-state index in [-0.39, 0.29) is 17.8 Å². The number of likely N-dealkylation sites (tertiary alicyclic amines) is 1. The summed E-state index contributed by atoms with van der Waals surface area (Å²) >= 11 is 0. The van der Waals surface area contributed by atoms with Crippen molar-refractivity contribution in [3.63, 3.8) is 0 Å². The van der Waals surface area contributed by atoms with Crippen molar-refractivity contribution >= 4 is 11.8 Å². The molecule has 2 heterocycles. The first-order valence-corrected chi connectivity index (χ1v) is 10.9. The number of nitrogens with zero attached hydrogens (tertiary/aromatic N) is 2. The number of nitrogens with one attached hydrogen (secondary N) is 1. The van der Waals surface area contributed by atoms with Crippen LogP contribution in [0.15, 0.2) is 36.5 Å². The first kappa shape index (κ1) is 22.9. The van der Waals surface area contributed by atoms with E-state index in [1.54, 1.807) is 12.1 Å². The summed E-state index contributed by atoms with van der Waals surface area (Å²) in [5, 5.41) is 12.4. The molecule has 0 atom stereocenters. The Hall–Kier alpha value is -2.80. The first-order valence-electron chi connectivity index (χ1n) is 10.9. The second-order valence-electron chi connectivity index (χ2n) is 8.58. The molecular formula is C24H33N3O4. The topological polar surface area (TPSA) is 83.9 Å². The Morgan fingerprint density at radius 1 is 1.10 bits per heavy atom. The molecule has 0 aliphatic carbocycles. The summed E-state index contributed by atoms with van der Waals surface area (Å²) in [7, 11) is 0. The Morgan fingerprint density at radius 2 is 1.71 bits per heavy atom. The molecule has 0 unspecified atom stereocenters. The lowest BCUT2D eigenvalue weighted by Crippen LogP contribution is -2.38. The monoisotopic (exact) mass is 427 g/mol. The van der Waals surface area contributed by atoms with Crippen LogP contribution in [0.2, 0.25) is 0 Å². The van der Waals surface area contributed by atoms with Gasteiger partial charge in [-0.05, 0) is 70.4 Å². The Labute approximate surface area is 184 Å². The molecule has 1 fully saturated rings. The van der Waals surface area contributed by atoms with Gasteiger partial charge in [-0.15, -0.1) is 0 Å². The molecule has 0 amide bonds. The number of benzene rings is 1. The molecule has 3 rings (SSSR count). The van der Waals surface area contributed by atoms with Gasteiger partial charge in [0.15, 0.2) is 0 Å². The van der Waals surface area contributed by atoms with Crippen LogP contribution in [0.5, 0.6) is 11.5 Å². The summed E-state index contributed by atoms with van der Waals surface area (Å²) in [5.41, 5.74) is 1.39. The van der Waals surface area contributed by atoms with E-state index in [1.165, 1.54) is 11.8 Å². The molecule has 31 heavy (non-hydrogen) atoms. The number of pyridine rings is 1. The molecule has 1 aliphatic rings. The molecule has 1 saturated heterocycles. The van der Waals surface area contributed by atoms with Crippen molar-refractivity contribution in [1.29, 1.82) is 0 Å². The van der Waals surface area contributed by atoms with Crippen molar-refractivity contribution in [3.8, 4) is 11.5 Å². The highest BCUT2D eigenvalue weighted by Crippen LogP contribution is 2.27. The van der Waals surface area contributed by atoms with Crippen LogP contribution in [-0.2, 0) is 6.54 Å². The molecular weight excluding hydrogens is 394 g/mol. The van der Waals surface area contributed by atoms with Crippen LogP contribution < -0.4 is 14.8 Å². The first-order chi connectivity index (χ1) is 14.8. The second-order valence-corrected chi connectivity index (χ2v) is 8.58. The number of ether oxygens (including phenoxy) is 2. The summed E-state index contributed by atoms with van der Waals surface area (Å²) in [4.78, 5) is 17.6. The summed E-state index contributed by atoms with van der Waals surface area (Å²) < 4.78 is 11.8. The highest BCUT2D eigenvalue weighted by molar-refractivity contribution is 5.87. The lowest BCUT2D eigenvalue weighted by atomic mass is 10.0. The number of hydrogen-bond donors (Lipinski definition) is 2. The number of hydrogen-bond acceptors (Lipinski definition) is 6. The van der Waals surface area contributed by atoms with Crippen molar-refractivity contribution < 1.29 is 19.4 Å². The SMILES string of the molecule is CC(C)Oc1cc(CN2CCC(Nc3ccc(C(=O)O)cn3)CC2)cc(OC(C)C)c1. The van der Waals surface area contributed by atoms with Gasteiger partial charge in [-0.3, -0.25) is 4.90 Å². The summed E-state index contributed by atoms with van der Waals surface area (Å²) in [6.07, 6.45) is 3.62. The van der Waals surface area contributed by atoms with E-state index in [2.05, 4.69) is 27.3 Å². The fourth-order valence-electron chi connectivity index (χ4n) is 3.71. The second kappa shape index (κ2) is 10.5. The van der Waals surface area contributed by atoms with Crippen molar-refractivity contribution in [2.75, 3.05) is 18.4 Å². The van der Waals surface area contributed by atoms with Crippen LogP contribution in [-0.4, -0.2) is 52.3 Å². The minimum Gasteiger partial charge on any atom is -0.491 e. The quantitative estimate of drug-likeness (QED) is 0.612. The Kier molecular flexibility index (Phi) is 7.74. The zero-order valence-electron chi connectivity index (χ0n) is 18.8. The minimum atomic E-state index is -0.961. The Bertz CT molecular complexity index is 831. The fraction of sp³-hybridized carbons (Fsp3) is 0.500. The standard InChI is InChI=1S/C24H33N3O4/c1-16(2)30-21-11-18(12-22(13-21)31-17(3)4)15-27-9-7-20(8-10-27)26-23-6-5-19(14-25-23)24(28)29/h5-6,11-14,16-17,20H,7-10,15H2,1-4H3,(H,25,26)(H,28,29). The van der Waals surface area contributed by atoms with E-state index in [4.69, 9.17) is 14.6 Å². The maximum absolute atomic E-state index is 11.0. The molecule has 0 spiro atoms. The predicted molar refractivity (Wildman–Crippen MR) is 121 cm³/mol. The zero-order chi connectivity index (χ0) is 22.4. The number of rotatable bonds is 9. The summed E-state index contributed by atoms with van der Waals surface area (Å²) in [6, 6.07) is 9.80. The molecule has 1 aromatic carbocycles. The molecule has 0 saturated carbocycles. The van der Waals surface area contributed by atoms with Gasteiger partial charge in [-0.25, -0.2) is 9.78 Å². The number of aromatic nitrogens is 1. The molecule has 168 valence electrons. The molecule has 1 aromatic heterocycles. The zero-order valence-corrected chi connectivity index (χ0v) is 18.8. The third kappa shape index (κ3) is 7.14. The van der Waals surface area contributed by atoms with Crippen LogP contribution in [0.25, 0.3) is 0 Å². The number of carboxylic acid groups (broad SMARTS) is 1. The number of anilines is 1. The highest BCUT2D eigenvalue weighted by atomic mass is 16.5. The van der Waals surface area contributed by atoms with E-state index in [1.807, 2.05) is 33.8 Å². The highest BCUT2D eigenvalue weighted by Gasteiger charge is 2.20. The van der Waals surface area contributed by atoms with Gasteiger partial charge in [0.1, 0.15) is 17.3 Å². The van der Waals surface area contributed by atoms with Gasteiger partial charge in [-0.2, -0.15) is 0 Å². The summed E-state index contributed by atoms with van der Waals surface area (Å²) in [6.45, 7) is 10.9. The molecule has 7 nitrogen and oxygen atoms in total. The summed E-state index contributed by atoms with van der Waals surface area (Å²) in [5.74, 6) is 1.45. The van der Waals surface area contributed by atoms with Crippen LogP contribution in [0.4, 0.5) is 5.82 Å². The third-order valence-electron chi connectivity index (χ3n) is 5.04. The average Bonchev–Trinajstić information content (AvgIpc) is 2.68. The lowest BCUT2D eigenvalue weighted by molar-refractivity contribution is 0.0696. The van der Waals surface area contributed by atoms with E-state index < -0.39 is 5.97 Å². The normalized spacial score (nSPS) is 15.3. The van der Waals surface area contributed by atoms with Crippen LogP contribution >= 0.6 is 0 Å². The average molecular weight is 428 g/mol. The number of carboxylic acids is 1. The largest absolute Gasteiger partial charge is 0.491 e. The van der Waals surface area contributed by atoms with Crippen LogP contribution in [0.3, 0.4) is 0 Å². The van der Waals surface area contributed by atoms with Gasteiger partial charge < -0.3 is 19.9 Å². The molecule has 7 heteroatoms. The van der Waals surface area contributed by atoms with Crippen LogP contribution in [0, 0.1) is 0 Å². The maximum atomic E-state index is 11.0. The van der Waals surface area contributed by atoms with Crippen molar-refractivity contribution in [1.82, 2.24) is 9.88 Å². The van der Waals surface area contributed by atoms with Crippen molar-refractivity contribution in [3.05, 3.63) is 47.7 Å². The van der Waals surface area contributed by atoms with E-state index in [0.29, 0.717) is 6.04 Å². The fourth-order valence-corrected chi connectivity index (χ4v) is 3.71. The van der Waals surface area contributed by atoms with E-state index >= 15 is 0 Å². The number of piperidine rings is 1. The minimum absolute atomic E-state index is 0.113. The molecule has 2 N–H and O–H groups in total. The van der Waals surface area contributed by atoms with Gasteiger partial charge in [0.05, 0.1) is 17.8 Å². The van der Waals surface area contributed by atoms with Gasteiger partial charge in [0, 0.05) is 37.9 Å². The molecule has 2 aromatic rings. The molecule has 1 aliphatic heterocycles. The molecule has 0 radical (unpaired) electrons. The smallest absolute Gasteiger partial charge is 0.337 e. The number of aromatic carboxylic acids is 1. The van der Waals surface area contributed by atoms with Crippen molar-refractivity contribution in [2.24, 2.45) is 0 Å². The van der Waals surface area contributed by atoms with Gasteiger partial charge >= 0.3 is 5.97 Å². The molecule has 0 bridgehead atoms. The van der Waals surface area contributed by atoms with Crippen LogP contribution in [0.1, 0.15) is 56.5 Å². The number of carbonyl (C=O) groups is 1. The van der Waals surface area contributed by atoms with Gasteiger partial charge in [0.2, 0.25) is 0 Å². The predicted octanol–water partition coefficient (Wildman–Crippen LogP) is 4.43. The van der Waals surface area contributed by atoms with E-state index in [0.717, 1.165) is 49.8 Å². The maximum Gasteiger partial charge on any atom is 0.337 e. The van der Waals surface area contributed by atoms with Crippen molar-refractivity contribution in [2.45, 2.75) is 65.3 Å². The van der Waals surface area contributed by atoms with Gasteiger partial charge in [-0.1, -0.05) is 0 Å². The van der Waals surface area contributed by atoms with E-state index in [9.17, 15) is 4.79 Å². The van der Waals surface area contributed by atoms with Gasteiger partial charge in [0.25, 0.3) is 0 Å². The lowest BCUT2D eigenvalue weighted by Gasteiger charge is -2.32. The third-order valence-corrected chi connectivity index (χ3v) is 5.04.